The van der Waals surface area contributed by atoms with E-state index in [1.165, 1.54) is 16.7 Å². The molecular weight excluding hydrogens is 298 g/mol. The zero-order chi connectivity index (χ0) is 14.7. The lowest BCUT2D eigenvalue weighted by molar-refractivity contribution is -0.141. The maximum absolute atomic E-state index is 12.7. The van der Waals surface area contributed by atoms with Crippen LogP contribution >= 0.6 is 23.3 Å². The number of thioether (sulfide) groups is 1. The van der Waals surface area contributed by atoms with Gasteiger partial charge in [0.2, 0.25) is 0 Å². The Balaban J connectivity index is 2.29. The Morgan fingerprint density at radius 1 is 1.45 bits per heavy atom. The van der Waals surface area contributed by atoms with Gasteiger partial charge < -0.3 is 10.0 Å². The molecule has 20 heavy (non-hydrogen) atoms. The molecule has 2 heterocycles. The quantitative estimate of drug-likeness (QED) is 0.893. The van der Waals surface area contributed by atoms with E-state index in [0.717, 1.165) is 24.4 Å². The largest absolute Gasteiger partial charge is 0.480 e. The number of carbonyl (C=O) groups is 2. The molecule has 1 aliphatic heterocycles. The summed E-state index contributed by atoms with van der Waals surface area (Å²) in [5.74, 6) is -0.743. The lowest BCUT2D eigenvalue weighted by Crippen LogP contribution is -2.45. The smallest absolute Gasteiger partial charge is 0.327 e. The first kappa shape index (κ1) is 15.2. The molecule has 0 saturated carbocycles. The standard InChI is InChI=1S/C12H17N3O3S2/c1-3-5-9-15(8(6-19-9)12(17)18)11(16)10-7(4-2)13-14-20-10/h8-9H,3-6H2,1-2H3,(H,17,18). The summed E-state index contributed by atoms with van der Waals surface area (Å²) >= 11 is 2.59. The molecule has 0 spiro atoms. The van der Waals surface area contributed by atoms with Gasteiger partial charge in [0, 0.05) is 5.75 Å². The van der Waals surface area contributed by atoms with Crippen molar-refractivity contribution in [2.45, 2.75) is 44.5 Å². The molecule has 6 nitrogen and oxygen atoms in total. The minimum atomic E-state index is -0.944. The van der Waals surface area contributed by atoms with Gasteiger partial charge in [-0.25, -0.2) is 4.79 Å². The van der Waals surface area contributed by atoms with Crippen LogP contribution in [0.3, 0.4) is 0 Å². The van der Waals surface area contributed by atoms with Crippen LogP contribution in [0, 0.1) is 0 Å². The van der Waals surface area contributed by atoms with Crippen LogP contribution in [0.15, 0.2) is 0 Å². The lowest BCUT2D eigenvalue weighted by atomic mass is 10.2. The second kappa shape index (κ2) is 6.53. The van der Waals surface area contributed by atoms with E-state index in [1.54, 1.807) is 0 Å². The molecule has 110 valence electrons. The zero-order valence-electron chi connectivity index (χ0n) is 11.4. The highest BCUT2D eigenvalue weighted by atomic mass is 32.2. The Bertz CT molecular complexity index is 506. The maximum Gasteiger partial charge on any atom is 0.327 e. The second-order valence-electron chi connectivity index (χ2n) is 4.55. The normalized spacial score (nSPS) is 22.2. The van der Waals surface area contributed by atoms with Crippen molar-refractivity contribution in [1.29, 1.82) is 0 Å². The molecule has 0 aliphatic carbocycles. The van der Waals surface area contributed by atoms with E-state index in [9.17, 15) is 14.7 Å². The predicted molar refractivity (Wildman–Crippen MR) is 78.0 cm³/mol. The minimum absolute atomic E-state index is 0.0691. The molecule has 0 radical (unpaired) electrons. The van der Waals surface area contributed by atoms with E-state index in [1.807, 2.05) is 13.8 Å². The van der Waals surface area contributed by atoms with Crippen LogP contribution in [0.4, 0.5) is 0 Å². The van der Waals surface area contributed by atoms with Gasteiger partial charge in [0.15, 0.2) is 0 Å². The number of aliphatic carboxylic acids is 1. The Kier molecular flexibility index (Phi) is 4.98. The SMILES string of the molecule is CCCC1SCC(C(=O)O)N1C(=O)c1snnc1CC. The van der Waals surface area contributed by atoms with Crippen LogP contribution in [0.1, 0.15) is 42.1 Å². The Labute approximate surface area is 125 Å². The maximum atomic E-state index is 12.7. The molecule has 8 heteroatoms. The van der Waals surface area contributed by atoms with Gasteiger partial charge in [-0.15, -0.1) is 16.9 Å². The summed E-state index contributed by atoms with van der Waals surface area (Å²) in [6, 6.07) is -0.754. The van der Waals surface area contributed by atoms with Gasteiger partial charge >= 0.3 is 5.97 Å². The van der Waals surface area contributed by atoms with Gasteiger partial charge in [0.1, 0.15) is 10.9 Å². The van der Waals surface area contributed by atoms with Crippen molar-refractivity contribution in [1.82, 2.24) is 14.5 Å². The topological polar surface area (TPSA) is 83.4 Å². The number of hydrogen-bond donors (Lipinski definition) is 1. The van der Waals surface area contributed by atoms with Crippen molar-refractivity contribution in [3.8, 4) is 0 Å². The minimum Gasteiger partial charge on any atom is -0.480 e. The average molecular weight is 315 g/mol. The molecular formula is C12H17N3O3S2. The first-order valence-corrected chi connectivity index (χ1v) is 8.40. The van der Waals surface area contributed by atoms with Gasteiger partial charge in [-0.1, -0.05) is 24.8 Å². The molecule has 1 fully saturated rings. The summed E-state index contributed by atoms with van der Waals surface area (Å²) < 4.78 is 3.82. The second-order valence-corrected chi connectivity index (χ2v) is 6.51. The number of carbonyl (C=O) groups excluding carboxylic acids is 1. The van der Waals surface area contributed by atoms with E-state index in [2.05, 4.69) is 9.59 Å². The Morgan fingerprint density at radius 2 is 2.20 bits per heavy atom. The summed E-state index contributed by atoms with van der Waals surface area (Å²) in [4.78, 5) is 26.0. The third-order valence-electron chi connectivity index (χ3n) is 3.23. The number of carboxylic acid groups (broad SMARTS) is 1. The first-order valence-electron chi connectivity index (χ1n) is 6.58. The molecule has 2 unspecified atom stereocenters. The number of carboxylic acids is 1. The van der Waals surface area contributed by atoms with Crippen LogP contribution in [0.25, 0.3) is 0 Å². The molecule has 1 aliphatic rings. The number of rotatable bonds is 5. The van der Waals surface area contributed by atoms with Gasteiger partial charge in [-0.2, -0.15) is 0 Å². The predicted octanol–water partition coefficient (Wildman–Crippen LogP) is 1.87. The van der Waals surface area contributed by atoms with Crippen molar-refractivity contribution in [2.24, 2.45) is 0 Å². The van der Waals surface area contributed by atoms with Crippen molar-refractivity contribution in [3.05, 3.63) is 10.6 Å². The van der Waals surface area contributed by atoms with E-state index in [-0.39, 0.29) is 11.3 Å². The Morgan fingerprint density at radius 3 is 2.80 bits per heavy atom. The summed E-state index contributed by atoms with van der Waals surface area (Å²) in [6.45, 7) is 3.94. The molecule has 0 aromatic carbocycles. The van der Waals surface area contributed by atoms with Crippen molar-refractivity contribution >= 4 is 35.2 Å². The van der Waals surface area contributed by atoms with Gasteiger partial charge in [-0.3, -0.25) is 4.79 Å². The molecule has 1 aromatic rings. The summed E-state index contributed by atoms with van der Waals surface area (Å²) in [5, 5.41) is 13.2. The van der Waals surface area contributed by atoms with Crippen LogP contribution in [-0.4, -0.2) is 48.6 Å². The van der Waals surface area contributed by atoms with E-state index in [4.69, 9.17) is 0 Å². The average Bonchev–Trinajstić information content (AvgIpc) is 3.04. The van der Waals surface area contributed by atoms with Gasteiger partial charge in [0.05, 0.1) is 11.1 Å². The number of amides is 1. The molecule has 1 aromatic heterocycles. The van der Waals surface area contributed by atoms with Gasteiger partial charge in [-0.05, 0) is 24.4 Å². The van der Waals surface area contributed by atoms with Crippen LogP contribution in [-0.2, 0) is 11.2 Å². The van der Waals surface area contributed by atoms with E-state index >= 15 is 0 Å². The van der Waals surface area contributed by atoms with Crippen molar-refractivity contribution in [2.75, 3.05) is 5.75 Å². The van der Waals surface area contributed by atoms with E-state index in [0.29, 0.717) is 22.7 Å². The van der Waals surface area contributed by atoms with Gasteiger partial charge in [0.25, 0.3) is 5.91 Å². The van der Waals surface area contributed by atoms with E-state index < -0.39 is 12.0 Å². The van der Waals surface area contributed by atoms with Crippen LogP contribution in [0.2, 0.25) is 0 Å². The number of nitrogens with zero attached hydrogens (tertiary/aromatic N) is 3. The fourth-order valence-corrected chi connectivity index (χ4v) is 4.42. The number of aryl methyl sites for hydroxylation is 1. The molecule has 1 amide bonds. The highest BCUT2D eigenvalue weighted by Crippen LogP contribution is 2.34. The lowest BCUT2D eigenvalue weighted by Gasteiger charge is -2.26. The Hall–Kier alpha value is -1.15. The highest BCUT2D eigenvalue weighted by molar-refractivity contribution is 8.00. The summed E-state index contributed by atoms with van der Waals surface area (Å²) in [6.07, 6.45) is 2.33. The molecule has 0 bridgehead atoms. The fraction of sp³-hybridized carbons (Fsp3) is 0.667. The first-order chi connectivity index (χ1) is 9.60. The molecule has 1 N–H and O–H groups in total. The third-order valence-corrected chi connectivity index (χ3v) is 5.34. The fourth-order valence-electron chi connectivity index (χ4n) is 2.22. The zero-order valence-corrected chi connectivity index (χ0v) is 13.0. The molecule has 2 atom stereocenters. The van der Waals surface area contributed by atoms with Crippen molar-refractivity contribution < 1.29 is 14.7 Å². The third kappa shape index (κ3) is 2.80. The van der Waals surface area contributed by atoms with Crippen LogP contribution < -0.4 is 0 Å². The highest BCUT2D eigenvalue weighted by Gasteiger charge is 2.42. The molecule has 1 saturated heterocycles. The number of hydrogen-bond acceptors (Lipinski definition) is 6. The molecule has 2 rings (SSSR count). The van der Waals surface area contributed by atoms with Crippen molar-refractivity contribution in [3.63, 3.8) is 0 Å². The number of aromatic nitrogens is 2. The van der Waals surface area contributed by atoms with Crippen LogP contribution in [0.5, 0.6) is 0 Å². The summed E-state index contributed by atoms with van der Waals surface area (Å²) in [7, 11) is 0. The summed E-state index contributed by atoms with van der Waals surface area (Å²) in [5.41, 5.74) is 0.649. The monoisotopic (exact) mass is 315 g/mol.